The smallest absolute Gasteiger partial charge is 0.227 e. The highest BCUT2D eigenvalue weighted by Crippen LogP contribution is 2.37. The van der Waals surface area contributed by atoms with E-state index >= 15 is 0 Å². The molecule has 0 spiro atoms. The molecule has 1 aromatic rings. The molecule has 0 aromatic heterocycles. The molecular formula is C19H27FN2O4. The fourth-order valence-electron chi connectivity index (χ4n) is 3.36. The summed E-state index contributed by atoms with van der Waals surface area (Å²) < 4.78 is 23.5. The largest absolute Gasteiger partial charge is 0.383 e. The Kier molecular flexibility index (Phi) is 7.53. The first-order chi connectivity index (χ1) is 12.5. The summed E-state index contributed by atoms with van der Waals surface area (Å²) in [6, 6.07) is 5.59. The van der Waals surface area contributed by atoms with Crippen LogP contribution in [0.4, 0.5) is 4.39 Å². The van der Waals surface area contributed by atoms with Crippen molar-refractivity contribution >= 4 is 11.8 Å². The second-order valence-corrected chi connectivity index (χ2v) is 6.47. The van der Waals surface area contributed by atoms with Gasteiger partial charge in [0.15, 0.2) is 0 Å². The molecule has 2 atom stereocenters. The van der Waals surface area contributed by atoms with Gasteiger partial charge in [-0.05, 0) is 24.1 Å². The van der Waals surface area contributed by atoms with E-state index in [4.69, 9.17) is 9.47 Å². The van der Waals surface area contributed by atoms with E-state index in [0.29, 0.717) is 39.1 Å². The van der Waals surface area contributed by atoms with Crippen molar-refractivity contribution in [3.8, 4) is 0 Å². The number of rotatable bonds is 8. The Bertz CT molecular complexity index is 608. The van der Waals surface area contributed by atoms with Crippen LogP contribution in [0, 0.1) is 11.7 Å². The highest BCUT2D eigenvalue weighted by Gasteiger charge is 2.41. The zero-order valence-electron chi connectivity index (χ0n) is 15.6. The summed E-state index contributed by atoms with van der Waals surface area (Å²) in [5, 5.41) is 0. The average Bonchev–Trinajstić information content (AvgIpc) is 2.65. The maximum absolute atomic E-state index is 13.4. The van der Waals surface area contributed by atoms with E-state index in [9.17, 15) is 14.0 Å². The van der Waals surface area contributed by atoms with Crippen molar-refractivity contribution < 1.29 is 23.5 Å². The van der Waals surface area contributed by atoms with E-state index in [1.54, 1.807) is 43.2 Å². The molecule has 6 nitrogen and oxygen atoms in total. The summed E-state index contributed by atoms with van der Waals surface area (Å²) in [5.74, 6) is -0.775. The number of carbonyl (C=O) groups is 2. The van der Waals surface area contributed by atoms with Crippen molar-refractivity contribution in [2.75, 3.05) is 47.6 Å². The van der Waals surface area contributed by atoms with Crippen LogP contribution in [0.15, 0.2) is 24.3 Å². The minimum atomic E-state index is -0.426. The molecule has 1 saturated heterocycles. The minimum Gasteiger partial charge on any atom is -0.383 e. The van der Waals surface area contributed by atoms with Gasteiger partial charge in [-0.1, -0.05) is 12.1 Å². The van der Waals surface area contributed by atoms with Gasteiger partial charge in [-0.15, -0.1) is 0 Å². The SMILES string of the molecule is COCCN(C)C(=O)[C@@H]1CCC(=O)N(CCOC)[C@H]1c1ccc(F)cc1. The summed E-state index contributed by atoms with van der Waals surface area (Å²) >= 11 is 0. The third-order valence-electron chi connectivity index (χ3n) is 4.78. The molecule has 1 aliphatic heterocycles. The standard InChI is InChI=1S/C19H27FN2O4/c1-21(10-12-25-2)19(24)16-8-9-17(23)22(11-13-26-3)18(16)14-4-6-15(20)7-5-14/h4-7,16,18H,8-13H2,1-3H3/t16-,18+/m1/s1. The molecule has 0 saturated carbocycles. The molecule has 26 heavy (non-hydrogen) atoms. The van der Waals surface area contributed by atoms with Crippen molar-refractivity contribution in [1.29, 1.82) is 0 Å². The number of ether oxygens (including phenoxy) is 2. The van der Waals surface area contributed by atoms with Crippen molar-refractivity contribution in [2.24, 2.45) is 5.92 Å². The fraction of sp³-hybridized carbons (Fsp3) is 0.579. The number of amides is 2. The van der Waals surface area contributed by atoms with E-state index in [2.05, 4.69) is 0 Å². The first-order valence-electron chi connectivity index (χ1n) is 8.77. The van der Waals surface area contributed by atoms with E-state index in [0.717, 1.165) is 5.56 Å². The molecule has 0 N–H and O–H groups in total. The zero-order valence-corrected chi connectivity index (χ0v) is 15.6. The normalized spacial score (nSPS) is 20.3. The molecule has 0 radical (unpaired) electrons. The average molecular weight is 366 g/mol. The molecule has 0 unspecified atom stereocenters. The van der Waals surface area contributed by atoms with Gasteiger partial charge in [0.1, 0.15) is 5.82 Å². The number of likely N-dealkylation sites (tertiary alicyclic amines) is 1. The van der Waals surface area contributed by atoms with Gasteiger partial charge in [-0.2, -0.15) is 0 Å². The van der Waals surface area contributed by atoms with Crippen molar-refractivity contribution in [1.82, 2.24) is 9.80 Å². The summed E-state index contributed by atoms with van der Waals surface area (Å²) in [7, 11) is 4.90. The lowest BCUT2D eigenvalue weighted by Crippen LogP contribution is -2.49. The van der Waals surface area contributed by atoms with Crippen LogP contribution >= 0.6 is 0 Å². The molecular weight excluding hydrogens is 339 g/mol. The van der Waals surface area contributed by atoms with Crippen LogP contribution in [-0.2, 0) is 19.1 Å². The number of likely N-dealkylation sites (N-methyl/N-ethyl adjacent to an activating group) is 1. The Morgan fingerprint density at radius 1 is 1.23 bits per heavy atom. The third kappa shape index (κ3) is 4.80. The predicted molar refractivity (Wildman–Crippen MR) is 95.0 cm³/mol. The number of hydrogen-bond donors (Lipinski definition) is 0. The molecule has 1 fully saturated rings. The molecule has 144 valence electrons. The van der Waals surface area contributed by atoms with Crippen LogP contribution < -0.4 is 0 Å². The number of carbonyl (C=O) groups excluding carboxylic acids is 2. The number of nitrogens with zero attached hydrogens (tertiary/aromatic N) is 2. The first-order valence-corrected chi connectivity index (χ1v) is 8.77. The van der Waals surface area contributed by atoms with Gasteiger partial charge in [-0.3, -0.25) is 9.59 Å². The Morgan fingerprint density at radius 2 is 1.88 bits per heavy atom. The molecule has 2 rings (SSSR count). The lowest BCUT2D eigenvalue weighted by atomic mass is 9.83. The monoisotopic (exact) mass is 366 g/mol. The second kappa shape index (κ2) is 9.64. The van der Waals surface area contributed by atoms with Crippen LogP contribution in [0.2, 0.25) is 0 Å². The molecule has 1 aromatic carbocycles. The Labute approximate surface area is 153 Å². The fourth-order valence-corrected chi connectivity index (χ4v) is 3.36. The number of methoxy groups -OCH3 is 2. The summed E-state index contributed by atoms with van der Waals surface area (Å²) in [5.41, 5.74) is 0.758. The highest BCUT2D eigenvalue weighted by molar-refractivity contribution is 5.85. The van der Waals surface area contributed by atoms with Crippen LogP contribution in [0.25, 0.3) is 0 Å². The molecule has 1 aliphatic rings. The maximum atomic E-state index is 13.4. The van der Waals surface area contributed by atoms with Gasteiger partial charge in [0.25, 0.3) is 0 Å². The van der Waals surface area contributed by atoms with Gasteiger partial charge in [0.05, 0.1) is 25.2 Å². The highest BCUT2D eigenvalue weighted by atomic mass is 19.1. The van der Waals surface area contributed by atoms with Crippen LogP contribution in [0.1, 0.15) is 24.4 Å². The van der Waals surface area contributed by atoms with Crippen molar-refractivity contribution in [3.63, 3.8) is 0 Å². The molecule has 1 heterocycles. The van der Waals surface area contributed by atoms with E-state index < -0.39 is 6.04 Å². The Hall–Kier alpha value is -1.99. The molecule has 0 aliphatic carbocycles. The quantitative estimate of drug-likeness (QED) is 0.705. The first kappa shape index (κ1) is 20.3. The van der Waals surface area contributed by atoms with Gasteiger partial charge >= 0.3 is 0 Å². The minimum absolute atomic E-state index is 0.0139. The maximum Gasteiger partial charge on any atom is 0.227 e. The summed E-state index contributed by atoms with van der Waals surface area (Å²) in [6.07, 6.45) is 0.788. The second-order valence-electron chi connectivity index (χ2n) is 6.47. The zero-order chi connectivity index (χ0) is 19.1. The molecule has 2 amide bonds. The van der Waals surface area contributed by atoms with Gasteiger partial charge in [0, 0.05) is 40.8 Å². The van der Waals surface area contributed by atoms with Gasteiger partial charge < -0.3 is 19.3 Å². The van der Waals surface area contributed by atoms with E-state index in [1.165, 1.54) is 12.1 Å². The Balaban J connectivity index is 2.32. The number of benzene rings is 1. The van der Waals surface area contributed by atoms with Gasteiger partial charge in [-0.25, -0.2) is 4.39 Å². The van der Waals surface area contributed by atoms with Crippen molar-refractivity contribution in [2.45, 2.75) is 18.9 Å². The lowest BCUT2D eigenvalue weighted by molar-refractivity contribution is -0.148. The predicted octanol–water partition coefficient (Wildman–Crippen LogP) is 1.86. The van der Waals surface area contributed by atoms with Crippen LogP contribution in [0.3, 0.4) is 0 Å². The lowest BCUT2D eigenvalue weighted by Gasteiger charge is -2.42. The number of halogens is 1. The third-order valence-corrected chi connectivity index (χ3v) is 4.78. The van der Waals surface area contributed by atoms with E-state index in [-0.39, 0.29) is 23.5 Å². The summed E-state index contributed by atoms with van der Waals surface area (Å²) in [6.45, 7) is 1.70. The number of hydrogen-bond acceptors (Lipinski definition) is 4. The summed E-state index contributed by atoms with van der Waals surface area (Å²) in [4.78, 5) is 28.8. The molecule has 0 bridgehead atoms. The number of piperidine rings is 1. The van der Waals surface area contributed by atoms with Crippen LogP contribution in [-0.4, -0.2) is 69.2 Å². The topological polar surface area (TPSA) is 59.1 Å². The van der Waals surface area contributed by atoms with E-state index in [1.807, 2.05) is 0 Å². The van der Waals surface area contributed by atoms with Gasteiger partial charge in [0.2, 0.25) is 11.8 Å². The van der Waals surface area contributed by atoms with Crippen LogP contribution in [0.5, 0.6) is 0 Å². The molecule has 7 heteroatoms. The Morgan fingerprint density at radius 3 is 2.50 bits per heavy atom. The van der Waals surface area contributed by atoms with Crippen molar-refractivity contribution in [3.05, 3.63) is 35.6 Å².